The molecule has 0 unspecified atom stereocenters. The molecule has 2 N–H and O–H groups in total. The van der Waals surface area contributed by atoms with Crippen LogP contribution in [0.15, 0.2) is 71.1 Å². The van der Waals surface area contributed by atoms with Gasteiger partial charge in [0.1, 0.15) is 17.3 Å². The van der Waals surface area contributed by atoms with Crippen molar-refractivity contribution in [2.45, 2.75) is 26.6 Å². The number of carbonyl (C=O) groups excluding carboxylic acids is 1. The van der Waals surface area contributed by atoms with Gasteiger partial charge in [-0.05, 0) is 54.5 Å². The fourth-order valence-electron chi connectivity index (χ4n) is 3.04. The van der Waals surface area contributed by atoms with Gasteiger partial charge in [0.15, 0.2) is 5.11 Å². The van der Waals surface area contributed by atoms with Crippen molar-refractivity contribution in [2.24, 2.45) is 0 Å². The van der Waals surface area contributed by atoms with E-state index < -0.39 is 0 Å². The maximum atomic E-state index is 12.3. The summed E-state index contributed by atoms with van der Waals surface area (Å²) in [6.07, 6.45) is 0. The van der Waals surface area contributed by atoms with Gasteiger partial charge in [0, 0.05) is 13.1 Å². The molecule has 3 aromatic rings. The minimum absolute atomic E-state index is 0.0947. The van der Waals surface area contributed by atoms with Gasteiger partial charge in [0.2, 0.25) is 5.91 Å². The maximum absolute atomic E-state index is 12.3. The van der Waals surface area contributed by atoms with Crippen molar-refractivity contribution in [3.63, 3.8) is 0 Å². The molecule has 0 aliphatic rings. The average Bonchev–Trinajstić information content (AvgIpc) is 3.21. The normalized spacial score (nSPS) is 10.4. The number of furan rings is 1. The Kier molecular flexibility index (Phi) is 8.06. The maximum Gasteiger partial charge on any atom is 0.239 e. The van der Waals surface area contributed by atoms with E-state index >= 15 is 0 Å². The highest BCUT2D eigenvalue weighted by Gasteiger charge is 2.14. The van der Waals surface area contributed by atoms with E-state index in [4.69, 9.17) is 21.4 Å². The Hall–Kier alpha value is -3.32. The van der Waals surface area contributed by atoms with Crippen molar-refractivity contribution in [1.29, 1.82) is 0 Å². The van der Waals surface area contributed by atoms with Gasteiger partial charge in [-0.15, -0.1) is 0 Å². The molecule has 7 heteroatoms. The number of aryl methyl sites for hydroxylation is 1. The summed E-state index contributed by atoms with van der Waals surface area (Å²) in [7, 11) is 1.62. The molecule has 0 aliphatic heterocycles. The standard InChI is InChI=1S/C24H27N3O3S/c1-18-8-11-22(30-18)17-27(16-20-6-4-3-5-7-20)24(31)26-15-23(28)25-14-19-9-12-21(29-2)13-10-19/h3-13H,14-17H2,1-2H3,(H,25,28)(H,26,31). The lowest BCUT2D eigenvalue weighted by Gasteiger charge is -2.25. The molecule has 3 rings (SSSR count). The third-order valence-corrected chi connectivity index (χ3v) is 5.10. The Morgan fingerprint density at radius 3 is 2.35 bits per heavy atom. The third-order valence-electron chi connectivity index (χ3n) is 4.70. The predicted molar refractivity (Wildman–Crippen MR) is 125 cm³/mol. The molecular weight excluding hydrogens is 410 g/mol. The first-order chi connectivity index (χ1) is 15.0. The fourth-order valence-corrected chi connectivity index (χ4v) is 3.24. The predicted octanol–water partition coefficient (Wildman–Crippen LogP) is 3.79. The van der Waals surface area contributed by atoms with Gasteiger partial charge >= 0.3 is 0 Å². The highest BCUT2D eigenvalue weighted by molar-refractivity contribution is 7.80. The molecule has 162 valence electrons. The van der Waals surface area contributed by atoms with E-state index in [1.807, 2.05) is 78.6 Å². The molecule has 0 aliphatic carbocycles. The second-order valence-corrected chi connectivity index (χ2v) is 7.52. The minimum Gasteiger partial charge on any atom is -0.497 e. The van der Waals surface area contributed by atoms with Crippen LogP contribution in [0.5, 0.6) is 5.75 Å². The SMILES string of the molecule is COc1ccc(CNC(=O)CNC(=S)N(Cc2ccccc2)Cc2ccc(C)o2)cc1. The summed E-state index contributed by atoms with van der Waals surface area (Å²) < 4.78 is 10.9. The largest absolute Gasteiger partial charge is 0.497 e. The zero-order valence-corrected chi connectivity index (χ0v) is 18.6. The van der Waals surface area contributed by atoms with Crippen molar-refractivity contribution in [1.82, 2.24) is 15.5 Å². The van der Waals surface area contributed by atoms with Gasteiger partial charge in [0.05, 0.1) is 20.2 Å². The Bertz CT molecular complexity index is 987. The summed E-state index contributed by atoms with van der Waals surface area (Å²) >= 11 is 5.58. The summed E-state index contributed by atoms with van der Waals surface area (Å²) in [6, 6.07) is 21.5. The summed E-state index contributed by atoms with van der Waals surface area (Å²) in [4.78, 5) is 14.3. The number of methoxy groups -OCH3 is 1. The van der Waals surface area contributed by atoms with Crippen LogP contribution in [-0.2, 0) is 24.4 Å². The smallest absolute Gasteiger partial charge is 0.239 e. The molecule has 1 amide bonds. The summed E-state index contributed by atoms with van der Waals surface area (Å²) in [6.45, 7) is 3.57. The van der Waals surface area contributed by atoms with Gasteiger partial charge in [-0.2, -0.15) is 0 Å². The number of benzene rings is 2. The lowest BCUT2D eigenvalue weighted by Crippen LogP contribution is -2.43. The number of amides is 1. The third kappa shape index (κ3) is 7.15. The van der Waals surface area contributed by atoms with Gasteiger partial charge in [-0.25, -0.2) is 0 Å². The molecule has 0 spiro atoms. The lowest BCUT2D eigenvalue weighted by molar-refractivity contribution is -0.120. The van der Waals surface area contributed by atoms with E-state index in [2.05, 4.69) is 10.6 Å². The minimum atomic E-state index is -0.133. The number of hydrogen-bond acceptors (Lipinski definition) is 4. The molecule has 0 fully saturated rings. The molecule has 6 nitrogen and oxygen atoms in total. The molecule has 0 radical (unpaired) electrons. The van der Waals surface area contributed by atoms with Crippen LogP contribution in [0.1, 0.15) is 22.6 Å². The zero-order valence-electron chi connectivity index (χ0n) is 17.8. The molecular formula is C24H27N3O3S. The van der Waals surface area contributed by atoms with Crippen molar-refractivity contribution < 1.29 is 13.9 Å². The van der Waals surface area contributed by atoms with Crippen LogP contribution in [0.25, 0.3) is 0 Å². The van der Waals surface area contributed by atoms with Crippen LogP contribution in [0.2, 0.25) is 0 Å². The lowest BCUT2D eigenvalue weighted by atomic mass is 10.2. The van der Waals surface area contributed by atoms with E-state index in [0.29, 0.717) is 24.7 Å². The van der Waals surface area contributed by atoms with E-state index in [0.717, 1.165) is 28.4 Å². The second-order valence-electron chi connectivity index (χ2n) is 7.14. The highest BCUT2D eigenvalue weighted by Crippen LogP contribution is 2.13. The fraction of sp³-hybridized carbons (Fsp3) is 0.250. The van der Waals surface area contributed by atoms with Gasteiger partial charge in [0.25, 0.3) is 0 Å². The zero-order chi connectivity index (χ0) is 22.1. The van der Waals surface area contributed by atoms with Gasteiger partial charge in [-0.1, -0.05) is 42.5 Å². The Balaban J connectivity index is 1.53. The number of nitrogens with one attached hydrogen (secondary N) is 2. The molecule has 0 saturated heterocycles. The first-order valence-corrected chi connectivity index (χ1v) is 10.5. The molecule has 0 bridgehead atoms. The number of hydrogen-bond donors (Lipinski definition) is 2. The number of nitrogens with zero attached hydrogens (tertiary/aromatic N) is 1. The van der Waals surface area contributed by atoms with E-state index in [1.165, 1.54) is 0 Å². The number of rotatable bonds is 9. The average molecular weight is 438 g/mol. The summed E-state index contributed by atoms with van der Waals surface area (Å²) in [5.74, 6) is 2.33. The van der Waals surface area contributed by atoms with Crippen LogP contribution < -0.4 is 15.4 Å². The van der Waals surface area contributed by atoms with Crippen LogP contribution in [-0.4, -0.2) is 29.6 Å². The highest BCUT2D eigenvalue weighted by atomic mass is 32.1. The monoisotopic (exact) mass is 437 g/mol. The molecule has 1 aromatic heterocycles. The molecule has 0 atom stereocenters. The topological polar surface area (TPSA) is 66.7 Å². The molecule has 31 heavy (non-hydrogen) atoms. The van der Waals surface area contributed by atoms with Gasteiger partial charge < -0.3 is 24.7 Å². The van der Waals surface area contributed by atoms with Crippen LogP contribution in [0.3, 0.4) is 0 Å². The van der Waals surface area contributed by atoms with Gasteiger partial charge in [-0.3, -0.25) is 4.79 Å². The summed E-state index contributed by atoms with van der Waals surface area (Å²) in [5, 5.41) is 6.46. The first-order valence-electron chi connectivity index (χ1n) is 10.0. The molecule has 2 aromatic carbocycles. The quantitative estimate of drug-likeness (QED) is 0.497. The van der Waals surface area contributed by atoms with Crippen molar-refractivity contribution in [2.75, 3.05) is 13.7 Å². The van der Waals surface area contributed by atoms with Crippen molar-refractivity contribution in [3.8, 4) is 5.75 Å². The number of ether oxygens (including phenoxy) is 1. The van der Waals surface area contributed by atoms with Crippen LogP contribution >= 0.6 is 12.2 Å². The number of carbonyl (C=O) groups is 1. The molecule has 1 heterocycles. The van der Waals surface area contributed by atoms with Crippen LogP contribution in [0.4, 0.5) is 0 Å². The van der Waals surface area contributed by atoms with Crippen molar-refractivity contribution >= 4 is 23.2 Å². The Labute approximate surface area is 188 Å². The second kappa shape index (κ2) is 11.2. The van der Waals surface area contributed by atoms with E-state index in [-0.39, 0.29) is 12.5 Å². The van der Waals surface area contributed by atoms with E-state index in [1.54, 1.807) is 7.11 Å². The summed E-state index contributed by atoms with van der Waals surface area (Å²) in [5.41, 5.74) is 2.12. The first kappa shape index (κ1) is 22.4. The van der Waals surface area contributed by atoms with Crippen molar-refractivity contribution in [3.05, 3.63) is 89.4 Å². The number of thiocarbonyl (C=S) groups is 1. The Morgan fingerprint density at radius 1 is 0.968 bits per heavy atom. The van der Waals surface area contributed by atoms with E-state index in [9.17, 15) is 4.79 Å². The Morgan fingerprint density at radius 2 is 1.71 bits per heavy atom. The molecule has 0 saturated carbocycles. The van der Waals surface area contributed by atoms with Crippen LogP contribution in [0, 0.1) is 6.92 Å².